The van der Waals surface area contributed by atoms with E-state index in [0.717, 1.165) is 49.7 Å². The zero-order chi connectivity index (χ0) is 18.7. The number of pyridine rings is 1. The third kappa shape index (κ3) is 4.42. The van der Waals surface area contributed by atoms with E-state index < -0.39 is 11.7 Å². The maximum absolute atomic E-state index is 12.9. The summed E-state index contributed by atoms with van der Waals surface area (Å²) in [7, 11) is 1.79. The standard InChI is InChI=1S/C18H22F3N5/c1-13-3-7-23-17(24-13)26-9-5-14(6-10-26)12-25(2)16-11-15(4-8-22-16)18(19,20)21/h3-4,7-8,11,14H,5-6,9-10,12H2,1-2H3. The Hall–Kier alpha value is -2.38. The number of aryl methyl sites for hydroxylation is 1. The molecule has 0 aromatic carbocycles. The summed E-state index contributed by atoms with van der Waals surface area (Å²) in [5, 5.41) is 0. The normalized spacial score (nSPS) is 16.0. The number of halogens is 3. The maximum atomic E-state index is 12.9. The lowest BCUT2D eigenvalue weighted by Crippen LogP contribution is -2.38. The third-order valence-electron chi connectivity index (χ3n) is 4.68. The number of anilines is 2. The van der Waals surface area contributed by atoms with Gasteiger partial charge in [0.2, 0.25) is 5.95 Å². The first kappa shape index (κ1) is 18.4. The van der Waals surface area contributed by atoms with Crippen molar-refractivity contribution in [2.75, 3.05) is 36.5 Å². The van der Waals surface area contributed by atoms with Gasteiger partial charge in [-0.3, -0.25) is 0 Å². The highest BCUT2D eigenvalue weighted by atomic mass is 19.4. The Morgan fingerprint density at radius 2 is 1.85 bits per heavy atom. The Kier molecular flexibility index (Phi) is 5.29. The van der Waals surface area contributed by atoms with E-state index in [2.05, 4.69) is 19.9 Å². The van der Waals surface area contributed by atoms with E-state index in [-0.39, 0.29) is 0 Å². The molecule has 0 N–H and O–H groups in total. The minimum atomic E-state index is -4.35. The number of piperidine rings is 1. The van der Waals surface area contributed by atoms with Crippen molar-refractivity contribution in [1.29, 1.82) is 0 Å². The first-order valence-electron chi connectivity index (χ1n) is 8.62. The van der Waals surface area contributed by atoms with Crippen LogP contribution >= 0.6 is 0 Å². The zero-order valence-electron chi connectivity index (χ0n) is 14.9. The Morgan fingerprint density at radius 3 is 2.50 bits per heavy atom. The summed E-state index contributed by atoms with van der Waals surface area (Å²) in [5.74, 6) is 1.50. The van der Waals surface area contributed by atoms with E-state index in [1.807, 2.05) is 13.0 Å². The van der Waals surface area contributed by atoms with Crippen LogP contribution in [0.25, 0.3) is 0 Å². The number of aromatic nitrogens is 3. The van der Waals surface area contributed by atoms with Crippen LogP contribution in [0.2, 0.25) is 0 Å². The lowest BCUT2D eigenvalue weighted by atomic mass is 9.96. The predicted octanol–water partition coefficient (Wildman–Crippen LogP) is 3.55. The molecule has 3 rings (SSSR count). The van der Waals surface area contributed by atoms with Crippen molar-refractivity contribution in [1.82, 2.24) is 15.0 Å². The molecule has 140 valence electrons. The van der Waals surface area contributed by atoms with Gasteiger partial charge in [-0.05, 0) is 43.9 Å². The lowest BCUT2D eigenvalue weighted by Gasteiger charge is -2.34. The van der Waals surface area contributed by atoms with Gasteiger partial charge in [0, 0.05) is 44.8 Å². The lowest BCUT2D eigenvalue weighted by molar-refractivity contribution is -0.137. The highest BCUT2D eigenvalue weighted by molar-refractivity contribution is 5.41. The van der Waals surface area contributed by atoms with Crippen LogP contribution in [0.1, 0.15) is 24.1 Å². The summed E-state index contributed by atoms with van der Waals surface area (Å²) in [6.45, 7) is 4.31. The van der Waals surface area contributed by atoms with Crippen LogP contribution in [-0.2, 0) is 6.18 Å². The minimum Gasteiger partial charge on any atom is -0.359 e. The molecule has 2 aromatic heterocycles. The Balaban J connectivity index is 1.57. The number of nitrogens with zero attached hydrogens (tertiary/aromatic N) is 5. The predicted molar refractivity (Wildman–Crippen MR) is 94.2 cm³/mol. The second-order valence-corrected chi connectivity index (χ2v) is 6.71. The number of rotatable bonds is 4. The van der Waals surface area contributed by atoms with Crippen LogP contribution < -0.4 is 9.80 Å². The highest BCUT2D eigenvalue weighted by Crippen LogP contribution is 2.31. The van der Waals surface area contributed by atoms with E-state index in [0.29, 0.717) is 18.3 Å². The first-order chi connectivity index (χ1) is 12.3. The Bertz CT molecular complexity index is 742. The molecule has 1 fully saturated rings. The summed E-state index contributed by atoms with van der Waals surface area (Å²) in [6, 6.07) is 3.97. The average molecular weight is 365 g/mol. The van der Waals surface area contributed by atoms with Gasteiger partial charge in [0.25, 0.3) is 0 Å². The molecular formula is C18H22F3N5. The van der Waals surface area contributed by atoms with Gasteiger partial charge < -0.3 is 9.80 Å². The second kappa shape index (κ2) is 7.47. The van der Waals surface area contributed by atoms with Crippen LogP contribution in [0.4, 0.5) is 24.9 Å². The van der Waals surface area contributed by atoms with Gasteiger partial charge in [0.15, 0.2) is 0 Å². The van der Waals surface area contributed by atoms with E-state index in [1.54, 1.807) is 18.1 Å². The van der Waals surface area contributed by atoms with E-state index in [9.17, 15) is 13.2 Å². The molecule has 0 saturated carbocycles. The van der Waals surface area contributed by atoms with Crippen LogP contribution in [-0.4, -0.2) is 41.6 Å². The monoisotopic (exact) mass is 365 g/mol. The second-order valence-electron chi connectivity index (χ2n) is 6.71. The molecule has 0 aliphatic carbocycles. The zero-order valence-corrected chi connectivity index (χ0v) is 14.9. The van der Waals surface area contributed by atoms with E-state index in [1.165, 1.54) is 6.20 Å². The van der Waals surface area contributed by atoms with Crippen molar-refractivity contribution in [3.05, 3.63) is 41.9 Å². The van der Waals surface area contributed by atoms with Crippen molar-refractivity contribution in [2.24, 2.45) is 5.92 Å². The van der Waals surface area contributed by atoms with Crippen molar-refractivity contribution >= 4 is 11.8 Å². The maximum Gasteiger partial charge on any atom is 0.416 e. The summed E-state index contributed by atoms with van der Waals surface area (Å²) in [5.41, 5.74) is 0.272. The van der Waals surface area contributed by atoms with Crippen LogP contribution in [0, 0.1) is 12.8 Å². The van der Waals surface area contributed by atoms with Crippen molar-refractivity contribution in [2.45, 2.75) is 25.9 Å². The van der Waals surface area contributed by atoms with E-state index >= 15 is 0 Å². The quantitative estimate of drug-likeness (QED) is 0.829. The molecule has 0 unspecified atom stereocenters. The molecule has 1 aliphatic rings. The largest absolute Gasteiger partial charge is 0.416 e. The molecule has 0 atom stereocenters. The number of hydrogen-bond acceptors (Lipinski definition) is 5. The molecule has 0 spiro atoms. The van der Waals surface area contributed by atoms with Gasteiger partial charge in [0.05, 0.1) is 5.56 Å². The molecule has 26 heavy (non-hydrogen) atoms. The Labute approximate surface area is 150 Å². The highest BCUT2D eigenvalue weighted by Gasteiger charge is 2.31. The SMILES string of the molecule is Cc1ccnc(N2CCC(CN(C)c3cc(C(F)(F)F)ccn3)CC2)n1. The molecular weight excluding hydrogens is 343 g/mol. The fourth-order valence-corrected chi connectivity index (χ4v) is 3.19. The van der Waals surface area contributed by atoms with Gasteiger partial charge in [-0.1, -0.05) is 0 Å². The molecule has 3 heterocycles. The Morgan fingerprint density at radius 1 is 1.15 bits per heavy atom. The van der Waals surface area contributed by atoms with E-state index in [4.69, 9.17) is 0 Å². The van der Waals surface area contributed by atoms with Gasteiger partial charge in [-0.15, -0.1) is 0 Å². The summed E-state index contributed by atoms with van der Waals surface area (Å²) in [4.78, 5) is 16.8. The fourth-order valence-electron chi connectivity index (χ4n) is 3.19. The van der Waals surface area contributed by atoms with Gasteiger partial charge in [-0.2, -0.15) is 13.2 Å². The molecule has 0 bridgehead atoms. The smallest absolute Gasteiger partial charge is 0.359 e. The number of hydrogen-bond donors (Lipinski definition) is 0. The van der Waals surface area contributed by atoms with Crippen LogP contribution in [0.5, 0.6) is 0 Å². The number of alkyl halides is 3. The average Bonchev–Trinajstić information content (AvgIpc) is 2.62. The van der Waals surface area contributed by atoms with Gasteiger partial charge in [0.1, 0.15) is 5.82 Å². The van der Waals surface area contributed by atoms with Crippen molar-refractivity contribution < 1.29 is 13.2 Å². The molecule has 1 saturated heterocycles. The van der Waals surface area contributed by atoms with Crippen molar-refractivity contribution in [3.8, 4) is 0 Å². The molecule has 0 radical (unpaired) electrons. The summed E-state index contributed by atoms with van der Waals surface area (Å²) in [6.07, 6.45) is 0.516. The summed E-state index contributed by atoms with van der Waals surface area (Å²) < 4.78 is 38.6. The summed E-state index contributed by atoms with van der Waals surface area (Å²) >= 11 is 0. The first-order valence-corrected chi connectivity index (χ1v) is 8.62. The molecule has 8 heteroatoms. The van der Waals surface area contributed by atoms with Crippen LogP contribution in [0.3, 0.4) is 0 Å². The van der Waals surface area contributed by atoms with Crippen molar-refractivity contribution in [3.63, 3.8) is 0 Å². The third-order valence-corrected chi connectivity index (χ3v) is 4.68. The molecule has 1 aliphatic heterocycles. The topological polar surface area (TPSA) is 45.2 Å². The van der Waals surface area contributed by atoms with Gasteiger partial charge >= 0.3 is 6.18 Å². The molecule has 2 aromatic rings. The van der Waals surface area contributed by atoms with Crippen LogP contribution in [0.15, 0.2) is 30.6 Å². The minimum absolute atomic E-state index is 0.351. The molecule has 0 amide bonds. The molecule has 5 nitrogen and oxygen atoms in total. The fraction of sp³-hybridized carbons (Fsp3) is 0.500. The van der Waals surface area contributed by atoms with Gasteiger partial charge in [-0.25, -0.2) is 15.0 Å².